The molecular formula is C15H19N3O. The lowest BCUT2D eigenvalue weighted by atomic mass is 10.2. The van der Waals surface area contributed by atoms with Crippen molar-refractivity contribution in [2.75, 3.05) is 19.0 Å². The van der Waals surface area contributed by atoms with Crippen LogP contribution in [-0.4, -0.2) is 19.1 Å². The first-order valence-corrected chi connectivity index (χ1v) is 6.21. The van der Waals surface area contributed by atoms with Gasteiger partial charge in [0.15, 0.2) is 0 Å². The van der Waals surface area contributed by atoms with E-state index in [1.807, 2.05) is 56.3 Å². The topological polar surface area (TPSA) is 51.4 Å². The molecule has 0 aliphatic heterocycles. The van der Waals surface area contributed by atoms with Gasteiger partial charge in [-0.15, -0.1) is 0 Å². The van der Waals surface area contributed by atoms with E-state index >= 15 is 0 Å². The number of hydrogen-bond donors (Lipinski definition) is 1. The molecule has 0 aliphatic carbocycles. The summed E-state index contributed by atoms with van der Waals surface area (Å²) in [4.78, 5) is 6.27. The number of pyridine rings is 1. The van der Waals surface area contributed by atoms with Crippen molar-refractivity contribution in [2.24, 2.45) is 5.73 Å². The van der Waals surface area contributed by atoms with Crippen LogP contribution in [0.1, 0.15) is 11.3 Å². The van der Waals surface area contributed by atoms with Crippen LogP contribution in [0.15, 0.2) is 36.5 Å². The molecule has 2 aromatic rings. The van der Waals surface area contributed by atoms with Crippen LogP contribution in [0, 0.1) is 6.92 Å². The highest BCUT2D eigenvalue weighted by molar-refractivity contribution is 5.50. The minimum Gasteiger partial charge on any atom is -0.457 e. The maximum Gasteiger partial charge on any atom is 0.135 e. The number of rotatable bonds is 4. The lowest BCUT2D eigenvalue weighted by Gasteiger charge is -2.15. The fourth-order valence-electron chi connectivity index (χ4n) is 1.76. The van der Waals surface area contributed by atoms with Gasteiger partial charge in [-0.2, -0.15) is 0 Å². The van der Waals surface area contributed by atoms with E-state index in [1.54, 1.807) is 6.20 Å². The first-order chi connectivity index (χ1) is 9.10. The van der Waals surface area contributed by atoms with Crippen molar-refractivity contribution < 1.29 is 4.74 Å². The normalized spacial score (nSPS) is 10.3. The van der Waals surface area contributed by atoms with Crippen LogP contribution in [-0.2, 0) is 6.54 Å². The van der Waals surface area contributed by atoms with E-state index in [2.05, 4.69) is 4.98 Å². The monoisotopic (exact) mass is 257 g/mol. The molecule has 4 heteroatoms. The van der Waals surface area contributed by atoms with Gasteiger partial charge in [0.1, 0.15) is 11.5 Å². The van der Waals surface area contributed by atoms with Gasteiger partial charge in [-0.1, -0.05) is 6.07 Å². The Morgan fingerprint density at radius 1 is 1.26 bits per heavy atom. The third-order valence-electron chi connectivity index (χ3n) is 2.86. The molecule has 4 nitrogen and oxygen atoms in total. The molecular weight excluding hydrogens is 238 g/mol. The van der Waals surface area contributed by atoms with Gasteiger partial charge < -0.3 is 15.4 Å². The Morgan fingerprint density at radius 3 is 2.74 bits per heavy atom. The largest absolute Gasteiger partial charge is 0.457 e. The van der Waals surface area contributed by atoms with E-state index in [1.165, 1.54) is 0 Å². The van der Waals surface area contributed by atoms with Gasteiger partial charge >= 0.3 is 0 Å². The Labute approximate surface area is 113 Å². The smallest absolute Gasteiger partial charge is 0.135 e. The fourth-order valence-corrected chi connectivity index (χ4v) is 1.76. The summed E-state index contributed by atoms with van der Waals surface area (Å²) in [6.07, 6.45) is 1.76. The molecule has 0 aliphatic rings. The predicted octanol–water partition coefficient (Wildman–Crippen LogP) is 2.71. The molecule has 0 amide bonds. The summed E-state index contributed by atoms with van der Waals surface area (Å²) < 4.78 is 5.93. The average molecular weight is 257 g/mol. The van der Waals surface area contributed by atoms with Gasteiger partial charge in [0.25, 0.3) is 0 Å². The fraction of sp³-hybridized carbons (Fsp3) is 0.267. The molecule has 2 N–H and O–H groups in total. The SMILES string of the molecule is Cc1cc(Oc2cccc(N(C)C)c2)c(CN)cn1. The molecule has 1 heterocycles. The quantitative estimate of drug-likeness (QED) is 0.915. The number of nitrogens with two attached hydrogens (primary N) is 1. The molecule has 100 valence electrons. The molecule has 0 fully saturated rings. The molecule has 19 heavy (non-hydrogen) atoms. The van der Waals surface area contributed by atoms with Crippen molar-refractivity contribution in [2.45, 2.75) is 13.5 Å². The summed E-state index contributed by atoms with van der Waals surface area (Å²) in [5.41, 5.74) is 8.62. The van der Waals surface area contributed by atoms with Crippen molar-refractivity contribution in [3.05, 3.63) is 47.8 Å². The van der Waals surface area contributed by atoms with Gasteiger partial charge in [0.05, 0.1) is 0 Å². The van der Waals surface area contributed by atoms with E-state index < -0.39 is 0 Å². The summed E-state index contributed by atoms with van der Waals surface area (Å²) in [6, 6.07) is 9.85. The number of aromatic nitrogens is 1. The first-order valence-electron chi connectivity index (χ1n) is 6.21. The second-order valence-corrected chi connectivity index (χ2v) is 4.63. The number of nitrogens with zero attached hydrogens (tertiary/aromatic N) is 2. The summed E-state index contributed by atoms with van der Waals surface area (Å²) in [7, 11) is 4.00. The highest BCUT2D eigenvalue weighted by Crippen LogP contribution is 2.27. The van der Waals surface area contributed by atoms with Crippen molar-refractivity contribution in [1.82, 2.24) is 4.98 Å². The number of aryl methyl sites for hydroxylation is 1. The molecule has 0 radical (unpaired) electrons. The van der Waals surface area contributed by atoms with Crippen molar-refractivity contribution in [1.29, 1.82) is 0 Å². The Bertz CT molecular complexity index is 567. The molecule has 1 aromatic heterocycles. The second kappa shape index (κ2) is 5.71. The van der Waals surface area contributed by atoms with Crippen molar-refractivity contribution in [3.63, 3.8) is 0 Å². The van der Waals surface area contributed by atoms with Crippen molar-refractivity contribution >= 4 is 5.69 Å². The molecule has 0 atom stereocenters. The van der Waals surface area contributed by atoms with Gasteiger partial charge in [-0.3, -0.25) is 4.98 Å². The predicted molar refractivity (Wildman–Crippen MR) is 77.7 cm³/mol. The highest BCUT2D eigenvalue weighted by atomic mass is 16.5. The molecule has 1 aromatic carbocycles. The summed E-state index contributed by atoms with van der Waals surface area (Å²) in [6.45, 7) is 2.35. The lowest BCUT2D eigenvalue weighted by Crippen LogP contribution is -2.08. The van der Waals surface area contributed by atoms with Crippen molar-refractivity contribution in [3.8, 4) is 11.5 Å². The Hall–Kier alpha value is -2.07. The van der Waals surface area contributed by atoms with Gasteiger partial charge in [0.2, 0.25) is 0 Å². The molecule has 0 saturated heterocycles. The minimum absolute atomic E-state index is 0.413. The Balaban J connectivity index is 2.30. The molecule has 0 spiro atoms. The zero-order valence-electron chi connectivity index (χ0n) is 11.6. The van der Waals surface area contributed by atoms with Gasteiger partial charge in [-0.05, 0) is 19.1 Å². The maximum atomic E-state index is 5.93. The van der Waals surface area contributed by atoms with Crippen LogP contribution in [0.3, 0.4) is 0 Å². The van der Waals surface area contributed by atoms with Crippen LogP contribution < -0.4 is 15.4 Å². The van der Waals surface area contributed by atoms with E-state index in [9.17, 15) is 0 Å². The first kappa shape index (κ1) is 13.4. The number of hydrogen-bond acceptors (Lipinski definition) is 4. The standard InChI is InChI=1S/C15H19N3O/c1-11-7-15(12(9-16)10-17-11)19-14-6-4-5-13(8-14)18(2)3/h4-8,10H,9,16H2,1-3H3. The van der Waals surface area contributed by atoms with Gasteiger partial charge in [0, 0.05) is 55.9 Å². The molecule has 0 saturated carbocycles. The zero-order chi connectivity index (χ0) is 13.8. The van der Waals surface area contributed by atoms with E-state index in [4.69, 9.17) is 10.5 Å². The summed E-state index contributed by atoms with van der Waals surface area (Å²) in [5.74, 6) is 1.57. The van der Waals surface area contributed by atoms with Crippen LogP contribution in [0.2, 0.25) is 0 Å². The average Bonchev–Trinajstić information content (AvgIpc) is 2.39. The third kappa shape index (κ3) is 3.23. The lowest BCUT2D eigenvalue weighted by molar-refractivity contribution is 0.475. The van der Waals surface area contributed by atoms with Crippen LogP contribution >= 0.6 is 0 Å². The van der Waals surface area contributed by atoms with E-state index in [0.29, 0.717) is 6.54 Å². The van der Waals surface area contributed by atoms with E-state index in [0.717, 1.165) is 28.4 Å². The number of benzene rings is 1. The molecule has 0 unspecified atom stereocenters. The second-order valence-electron chi connectivity index (χ2n) is 4.63. The van der Waals surface area contributed by atoms with E-state index in [-0.39, 0.29) is 0 Å². The van der Waals surface area contributed by atoms with Crippen LogP contribution in [0.4, 0.5) is 5.69 Å². The zero-order valence-corrected chi connectivity index (χ0v) is 11.6. The number of anilines is 1. The maximum absolute atomic E-state index is 5.93. The Kier molecular flexibility index (Phi) is 4.02. The summed E-state index contributed by atoms with van der Waals surface area (Å²) >= 11 is 0. The highest BCUT2D eigenvalue weighted by Gasteiger charge is 2.06. The summed E-state index contributed by atoms with van der Waals surface area (Å²) in [5, 5.41) is 0. The van der Waals surface area contributed by atoms with Crippen LogP contribution in [0.5, 0.6) is 11.5 Å². The minimum atomic E-state index is 0.413. The third-order valence-corrected chi connectivity index (χ3v) is 2.86. The van der Waals surface area contributed by atoms with Crippen LogP contribution in [0.25, 0.3) is 0 Å². The molecule has 2 rings (SSSR count). The number of ether oxygens (including phenoxy) is 1. The Morgan fingerprint density at radius 2 is 2.05 bits per heavy atom. The molecule has 0 bridgehead atoms. The van der Waals surface area contributed by atoms with Gasteiger partial charge in [-0.25, -0.2) is 0 Å².